The Morgan fingerprint density at radius 1 is 1.09 bits per heavy atom. The highest BCUT2D eigenvalue weighted by molar-refractivity contribution is 5.97. The van der Waals surface area contributed by atoms with Crippen molar-refractivity contribution in [1.29, 1.82) is 0 Å². The lowest BCUT2D eigenvalue weighted by Crippen LogP contribution is -2.66. The number of ether oxygens (including phenoxy) is 1. The number of benzene rings is 2. The van der Waals surface area contributed by atoms with Crippen LogP contribution in [-0.4, -0.2) is 39.6 Å². The molecule has 0 radical (unpaired) electrons. The number of carbonyl (C=O) groups excluding carboxylic acids is 1. The first kappa shape index (κ1) is 22.9. The van der Waals surface area contributed by atoms with E-state index in [2.05, 4.69) is 15.3 Å². The summed E-state index contributed by atoms with van der Waals surface area (Å²) in [6, 6.07) is 3.27. The van der Waals surface area contributed by atoms with Crippen LogP contribution in [-0.2, 0) is 5.41 Å². The number of methoxy groups -OCH3 is 1. The SMILES string of the molecule is COc1c(F)c(F)cc2c1C(C)(C)C(F)(F)C(C)(O)C2NC(=O)c1ccc2nccnc2c1. The van der Waals surface area contributed by atoms with Gasteiger partial charge in [0.2, 0.25) is 5.82 Å². The maximum absolute atomic E-state index is 15.6. The molecule has 1 heterocycles. The molecule has 0 saturated heterocycles. The van der Waals surface area contributed by atoms with Crippen LogP contribution in [0, 0.1) is 11.6 Å². The van der Waals surface area contributed by atoms with E-state index in [4.69, 9.17) is 4.74 Å². The van der Waals surface area contributed by atoms with Crippen molar-refractivity contribution in [2.45, 2.75) is 43.8 Å². The minimum Gasteiger partial charge on any atom is -0.493 e. The molecule has 1 aromatic heterocycles. The summed E-state index contributed by atoms with van der Waals surface area (Å²) in [4.78, 5) is 21.2. The highest BCUT2D eigenvalue weighted by atomic mass is 19.3. The van der Waals surface area contributed by atoms with Crippen LogP contribution in [0.15, 0.2) is 36.7 Å². The second-order valence-corrected chi connectivity index (χ2v) is 8.68. The van der Waals surface area contributed by atoms with E-state index in [-0.39, 0.29) is 16.7 Å². The van der Waals surface area contributed by atoms with Gasteiger partial charge in [0.25, 0.3) is 11.8 Å². The van der Waals surface area contributed by atoms with Crippen LogP contribution in [0.1, 0.15) is 48.3 Å². The van der Waals surface area contributed by atoms with Gasteiger partial charge in [0.15, 0.2) is 17.2 Å². The van der Waals surface area contributed by atoms with E-state index in [0.717, 1.165) is 27.9 Å². The molecule has 0 aliphatic heterocycles. The zero-order valence-electron chi connectivity index (χ0n) is 18.2. The molecule has 0 saturated carbocycles. The number of halogens is 4. The molecule has 33 heavy (non-hydrogen) atoms. The largest absolute Gasteiger partial charge is 0.493 e. The molecule has 0 bridgehead atoms. The van der Waals surface area contributed by atoms with Crippen molar-refractivity contribution >= 4 is 16.9 Å². The summed E-state index contributed by atoms with van der Waals surface area (Å²) >= 11 is 0. The van der Waals surface area contributed by atoms with Gasteiger partial charge in [-0.3, -0.25) is 14.8 Å². The van der Waals surface area contributed by atoms with Gasteiger partial charge in [-0.1, -0.05) is 0 Å². The molecule has 2 atom stereocenters. The predicted octanol–water partition coefficient (Wildman–Crippen LogP) is 4.07. The van der Waals surface area contributed by atoms with E-state index in [1.807, 2.05) is 0 Å². The summed E-state index contributed by atoms with van der Waals surface area (Å²) < 4.78 is 65.0. The molecule has 2 unspecified atom stereocenters. The highest BCUT2D eigenvalue weighted by Crippen LogP contribution is 2.59. The minimum atomic E-state index is -3.88. The molecule has 2 aromatic carbocycles. The molecule has 1 amide bonds. The molecular weight excluding hydrogens is 442 g/mol. The molecule has 10 heteroatoms. The third kappa shape index (κ3) is 3.15. The van der Waals surface area contributed by atoms with Crippen LogP contribution >= 0.6 is 0 Å². The zero-order chi connectivity index (χ0) is 24.3. The van der Waals surface area contributed by atoms with Crippen LogP contribution in [0.4, 0.5) is 17.6 Å². The van der Waals surface area contributed by atoms with Gasteiger partial charge in [-0.2, -0.15) is 4.39 Å². The number of nitrogens with one attached hydrogen (secondary N) is 1. The van der Waals surface area contributed by atoms with Gasteiger partial charge < -0.3 is 15.2 Å². The first-order chi connectivity index (χ1) is 15.3. The summed E-state index contributed by atoms with van der Waals surface area (Å²) in [6.45, 7) is 3.04. The second kappa shape index (κ2) is 7.38. The number of alkyl halides is 2. The molecule has 0 fully saturated rings. The van der Waals surface area contributed by atoms with Crippen LogP contribution in [0.25, 0.3) is 11.0 Å². The molecule has 1 aliphatic carbocycles. The average Bonchev–Trinajstić information content (AvgIpc) is 2.77. The van der Waals surface area contributed by atoms with E-state index in [1.165, 1.54) is 30.6 Å². The Kier molecular flexibility index (Phi) is 5.12. The van der Waals surface area contributed by atoms with Crippen molar-refractivity contribution < 1.29 is 32.2 Å². The lowest BCUT2D eigenvalue weighted by atomic mass is 9.61. The summed E-state index contributed by atoms with van der Waals surface area (Å²) in [5, 5.41) is 13.4. The fraction of sp³-hybridized carbons (Fsp3) is 0.348. The number of hydrogen-bond acceptors (Lipinski definition) is 5. The molecular formula is C23H21F4N3O3. The third-order valence-electron chi connectivity index (χ3n) is 6.34. The zero-order valence-corrected chi connectivity index (χ0v) is 18.2. The number of nitrogens with zero attached hydrogens (tertiary/aromatic N) is 2. The number of aromatic nitrogens is 2. The van der Waals surface area contributed by atoms with Crippen molar-refractivity contribution in [3.63, 3.8) is 0 Å². The Morgan fingerprint density at radius 2 is 1.73 bits per heavy atom. The molecule has 4 rings (SSSR count). The summed E-state index contributed by atoms with van der Waals surface area (Å²) in [5.41, 5.74) is -4.60. The van der Waals surface area contributed by atoms with Crippen molar-refractivity contribution in [3.8, 4) is 5.75 Å². The van der Waals surface area contributed by atoms with E-state index in [9.17, 15) is 18.7 Å². The monoisotopic (exact) mass is 463 g/mol. The molecule has 1 aliphatic rings. The fourth-order valence-corrected chi connectivity index (χ4v) is 4.50. The number of carbonyl (C=O) groups is 1. The Morgan fingerprint density at radius 3 is 2.36 bits per heavy atom. The van der Waals surface area contributed by atoms with Crippen molar-refractivity contribution in [2.24, 2.45) is 0 Å². The van der Waals surface area contributed by atoms with E-state index < -0.39 is 46.3 Å². The topological polar surface area (TPSA) is 84.3 Å². The molecule has 3 aromatic rings. The van der Waals surface area contributed by atoms with Crippen molar-refractivity contribution in [3.05, 3.63) is 65.0 Å². The van der Waals surface area contributed by atoms with Crippen molar-refractivity contribution in [1.82, 2.24) is 15.3 Å². The van der Waals surface area contributed by atoms with Gasteiger partial charge in [-0.25, -0.2) is 13.2 Å². The predicted molar refractivity (Wildman–Crippen MR) is 111 cm³/mol. The van der Waals surface area contributed by atoms with E-state index in [1.54, 1.807) is 0 Å². The maximum atomic E-state index is 15.6. The van der Waals surface area contributed by atoms with Crippen LogP contribution in [0.3, 0.4) is 0 Å². The second-order valence-electron chi connectivity index (χ2n) is 8.68. The first-order valence-corrected chi connectivity index (χ1v) is 10.0. The Balaban J connectivity index is 1.88. The summed E-state index contributed by atoms with van der Waals surface area (Å²) in [6.07, 6.45) is 2.90. The number of aliphatic hydroxyl groups is 1. The number of fused-ring (bicyclic) bond motifs is 2. The standard InChI is InChI=1S/C23H21F4N3O3/c1-21(2)16-12(10-13(24)17(25)18(16)33-4)19(22(3,32)23(21,26)27)30-20(31)11-5-6-14-15(9-11)29-8-7-28-14/h5-10,19,32H,1-4H3,(H,30,31). The molecule has 6 nitrogen and oxygen atoms in total. The van der Waals surface area contributed by atoms with Gasteiger partial charge >= 0.3 is 0 Å². The van der Waals surface area contributed by atoms with Gasteiger partial charge in [-0.15, -0.1) is 0 Å². The number of hydrogen-bond donors (Lipinski definition) is 2. The smallest absolute Gasteiger partial charge is 0.287 e. The highest BCUT2D eigenvalue weighted by Gasteiger charge is 2.68. The molecule has 0 spiro atoms. The van der Waals surface area contributed by atoms with Crippen molar-refractivity contribution in [2.75, 3.05) is 7.11 Å². The van der Waals surface area contributed by atoms with E-state index >= 15 is 8.78 Å². The quantitative estimate of drug-likeness (QED) is 0.573. The lowest BCUT2D eigenvalue weighted by Gasteiger charge is -2.52. The average molecular weight is 463 g/mol. The van der Waals surface area contributed by atoms with Crippen LogP contribution < -0.4 is 10.1 Å². The van der Waals surface area contributed by atoms with Gasteiger partial charge in [0, 0.05) is 23.5 Å². The molecule has 174 valence electrons. The number of rotatable bonds is 3. The normalized spacial score (nSPS) is 23.1. The fourth-order valence-electron chi connectivity index (χ4n) is 4.50. The van der Waals surface area contributed by atoms with Crippen LogP contribution in [0.2, 0.25) is 0 Å². The third-order valence-corrected chi connectivity index (χ3v) is 6.34. The first-order valence-electron chi connectivity index (χ1n) is 10.0. The van der Waals surface area contributed by atoms with E-state index in [0.29, 0.717) is 17.1 Å². The van der Waals surface area contributed by atoms with Crippen LogP contribution in [0.5, 0.6) is 5.75 Å². The van der Waals surface area contributed by atoms with Gasteiger partial charge in [-0.05, 0) is 50.6 Å². The van der Waals surface area contributed by atoms with Gasteiger partial charge in [0.1, 0.15) is 0 Å². The maximum Gasteiger partial charge on any atom is 0.287 e. The summed E-state index contributed by atoms with van der Waals surface area (Å²) in [7, 11) is 1.03. The Hall–Kier alpha value is -3.27. The Labute approximate surface area is 186 Å². The molecule has 2 N–H and O–H groups in total. The summed E-state index contributed by atoms with van der Waals surface area (Å²) in [5.74, 6) is -8.19. The number of amides is 1. The minimum absolute atomic E-state index is 0.0584. The Bertz CT molecular complexity index is 1280. The lowest BCUT2D eigenvalue weighted by molar-refractivity contribution is -0.228. The van der Waals surface area contributed by atoms with Gasteiger partial charge in [0.05, 0.1) is 29.6 Å².